The highest BCUT2D eigenvalue weighted by Gasteiger charge is 2.35. The van der Waals surface area contributed by atoms with E-state index in [0.29, 0.717) is 18.0 Å². The molecular weight excluding hydrogens is 236 g/mol. The average molecular weight is 250 g/mol. The number of rotatable bonds is 1. The van der Waals surface area contributed by atoms with Crippen LogP contribution in [0, 0.1) is 6.92 Å². The lowest BCUT2D eigenvalue weighted by atomic mass is 10.2. The van der Waals surface area contributed by atoms with Crippen LogP contribution in [0.2, 0.25) is 0 Å². The molecule has 0 spiro atoms. The first kappa shape index (κ1) is 10.8. The number of aromatic nitrogens is 2. The van der Waals surface area contributed by atoms with Crippen LogP contribution in [0.25, 0.3) is 5.52 Å². The molecule has 0 radical (unpaired) electrons. The minimum absolute atomic E-state index is 0.290. The molecule has 1 saturated heterocycles. The van der Waals surface area contributed by atoms with Crippen molar-refractivity contribution in [1.82, 2.24) is 9.38 Å². The second kappa shape index (κ2) is 3.57. The minimum Gasteiger partial charge on any atom is -0.300 e. The summed E-state index contributed by atoms with van der Waals surface area (Å²) in [6.45, 7) is 1.97. The molecule has 5 heteroatoms. The number of pyridine rings is 1. The molecule has 2 aromatic rings. The van der Waals surface area contributed by atoms with Crippen LogP contribution in [0.1, 0.15) is 29.6 Å². The molecule has 17 heavy (non-hydrogen) atoms. The van der Waals surface area contributed by atoms with E-state index in [0.717, 1.165) is 17.6 Å². The maximum absolute atomic E-state index is 12.0. The maximum Gasteiger partial charge on any atom is 0.160 e. The lowest BCUT2D eigenvalue weighted by Crippen LogP contribution is -2.12. The fourth-order valence-corrected chi connectivity index (χ4v) is 4.42. The zero-order chi connectivity index (χ0) is 12.0. The zero-order valence-corrected chi connectivity index (χ0v) is 10.4. The minimum atomic E-state index is -3.00. The topological polar surface area (TPSA) is 51.4 Å². The van der Waals surface area contributed by atoms with Crippen molar-refractivity contribution in [2.45, 2.75) is 25.0 Å². The van der Waals surface area contributed by atoms with Gasteiger partial charge in [0.25, 0.3) is 0 Å². The third-order valence-corrected chi connectivity index (χ3v) is 5.56. The van der Waals surface area contributed by atoms with Crippen LogP contribution in [0.3, 0.4) is 0 Å². The van der Waals surface area contributed by atoms with E-state index in [-0.39, 0.29) is 0 Å². The highest BCUT2D eigenvalue weighted by Crippen LogP contribution is 2.34. The number of sulfone groups is 1. The molecule has 1 fully saturated rings. The third-order valence-electron chi connectivity index (χ3n) is 3.39. The van der Waals surface area contributed by atoms with Crippen LogP contribution in [0.15, 0.2) is 24.4 Å². The summed E-state index contributed by atoms with van der Waals surface area (Å²) < 4.78 is 25.9. The van der Waals surface area contributed by atoms with Crippen LogP contribution < -0.4 is 0 Å². The van der Waals surface area contributed by atoms with E-state index in [1.54, 1.807) is 6.20 Å². The van der Waals surface area contributed by atoms with E-state index < -0.39 is 15.1 Å². The lowest BCUT2D eigenvalue weighted by molar-refractivity contribution is 0.588. The Bertz CT molecular complexity index is 673. The van der Waals surface area contributed by atoms with Gasteiger partial charge in [-0.25, -0.2) is 13.4 Å². The highest BCUT2D eigenvalue weighted by atomic mass is 32.2. The summed E-state index contributed by atoms with van der Waals surface area (Å²) >= 11 is 0. The van der Waals surface area contributed by atoms with Gasteiger partial charge in [0, 0.05) is 5.69 Å². The Morgan fingerprint density at radius 1 is 1.41 bits per heavy atom. The van der Waals surface area contributed by atoms with Crippen molar-refractivity contribution >= 4 is 15.4 Å². The van der Waals surface area contributed by atoms with Crippen LogP contribution in [0.4, 0.5) is 0 Å². The van der Waals surface area contributed by atoms with Gasteiger partial charge in [0.1, 0.15) is 11.1 Å². The number of hydrogen-bond donors (Lipinski definition) is 0. The Morgan fingerprint density at radius 2 is 2.24 bits per heavy atom. The molecule has 1 aliphatic heterocycles. The molecule has 1 unspecified atom stereocenters. The predicted octanol–water partition coefficient (Wildman–Crippen LogP) is 1.89. The normalized spacial score (nSPS) is 23.2. The molecule has 0 amide bonds. The molecule has 1 atom stereocenters. The molecule has 1 aliphatic rings. The number of imidazole rings is 1. The van der Waals surface area contributed by atoms with Gasteiger partial charge in [-0.3, -0.25) is 4.40 Å². The fourth-order valence-electron chi connectivity index (χ4n) is 2.55. The van der Waals surface area contributed by atoms with Gasteiger partial charge in [0.05, 0.1) is 17.5 Å². The molecule has 3 rings (SSSR count). The number of aryl methyl sites for hydroxylation is 1. The molecule has 0 aliphatic carbocycles. The zero-order valence-electron chi connectivity index (χ0n) is 9.63. The summed E-state index contributed by atoms with van der Waals surface area (Å²) in [6, 6.07) is 5.88. The summed E-state index contributed by atoms with van der Waals surface area (Å²) in [7, 11) is -3.00. The monoisotopic (exact) mass is 250 g/mol. The van der Waals surface area contributed by atoms with E-state index in [9.17, 15) is 8.42 Å². The molecule has 0 N–H and O–H groups in total. The van der Waals surface area contributed by atoms with E-state index in [4.69, 9.17) is 0 Å². The van der Waals surface area contributed by atoms with E-state index in [2.05, 4.69) is 4.98 Å². The predicted molar refractivity (Wildman–Crippen MR) is 65.7 cm³/mol. The first-order valence-electron chi connectivity index (χ1n) is 5.74. The summed E-state index contributed by atoms with van der Waals surface area (Å²) in [5.74, 6) is 0.967. The Labute approximate surface area is 100 Å². The maximum atomic E-state index is 12.0. The summed E-state index contributed by atoms with van der Waals surface area (Å²) in [5.41, 5.74) is 1.99. The smallest absolute Gasteiger partial charge is 0.160 e. The number of fused-ring (bicyclic) bond motifs is 1. The van der Waals surface area contributed by atoms with E-state index >= 15 is 0 Å². The molecule has 0 bridgehead atoms. The van der Waals surface area contributed by atoms with Gasteiger partial charge in [-0.2, -0.15) is 0 Å². The van der Waals surface area contributed by atoms with Crippen molar-refractivity contribution in [3.05, 3.63) is 35.9 Å². The largest absolute Gasteiger partial charge is 0.300 e. The van der Waals surface area contributed by atoms with Gasteiger partial charge in [0.2, 0.25) is 0 Å². The second-order valence-electron chi connectivity index (χ2n) is 4.54. The van der Waals surface area contributed by atoms with Crippen molar-refractivity contribution in [3.63, 3.8) is 0 Å². The lowest BCUT2D eigenvalue weighted by Gasteiger charge is -2.10. The highest BCUT2D eigenvalue weighted by molar-refractivity contribution is 7.91. The second-order valence-corrected chi connectivity index (χ2v) is 6.84. The van der Waals surface area contributed by atoms with E-state index in [1.807, 2.05) is 29.5 Å². The van der Waals surface area contributed by atoms with Crippen molar-refractivity contribution in [3.8, 4) is 0 Å². The van der Waals surface area contributed by atoms with Gasteiger partial charge < -0.3 is 0 Å². The Morgan fingerprint density at radius 3 is 2.94 bits per heavy atom. The molecule has 4 nitrogen and oxygen atoms in total. The summed E-state index contributed by atoms with van der Waals surface area (Å²) in [5, 5.41) is -0.425. The Balaban J connectivity index is 2.25. The van der Waals surface area contributed by atoms with Crippen molar-refractivity contribution in [1.29, 1.82) is 0 Å². The first-order valence-corrected chi connectivity index (χ1v) is 7.46. The van der Waals surface area contributed by atoms with Crippen molar-refractivity contribution < 1.29 is 8.42 Å². The van der Waals surface area contributed by atoms with Gasteiger partial charge in [-0.15, -0.1) is 0 Å². The van der Waals surface area contributed by atoms with Crippen LogP contribution in [-0.4, -0.2) is 23.6 Å². The molecular formula is C12H14N2O2S. The molecule has 90 valence electrons. The standard InChI is InChI=1S/C12H14N2O2S/c1-9-4-2-5-10-8-13-12(14(9)10)11-6-3-7-17(11,15)16/h2,4-5,8,11H,3,6-7H2,1H3. The quantitative estimate of drug-likeness (QED) is 0.776. The Hall–Kier alpha value is -1.36. The van der Waals surface area contributed by atoms with Crippen molar-refractivity contribution in [2.75, 3.05) is 5.75 Å². The van der Waals surface area contributed by atoms with Gasteiger partial charge in [-0.05, 0) is 31.9 Å². The van der Waals surface area contributed by atoms with Gasteiger partial charge >= 0.3 is 0 Å². The molecule has 0 aromatic carbocycles. The van der Waals surface area contributed by atoms with Crippen LogP contribution in [0.5, 0.6) is 0 Å². The Kier molecular flexibility index (Phi) is 2.26. The molecule has 2 aromatic heterocycles. The SMILES string of the molecule is Cc1cccc2cnc(C3CCCS3(=O)=O)n12. The van der Waals surface area contributed by atoms with Gasteiger partial charge in [0.15, 0.2) is 9.84 Å². The molecule has 0 saturated carbocycles. The first-order chi connectivity index (χ1) is 8.09. The third kappa shape index (κ3) is 1.57. The number of hydrogen-bond acceptors (Lipinski definition) is 3. The number of nitrogens with zero attached hydrogens (tertiary/aromatic N) is 2. The summed E-state index contributed by atoms with van der Waals surface area (Å²) in [4.78, 5) is 4.32. The average Bonchev–Trinajstić information content (AvgIpc) is 2.82. The van der Waals surface area contributed by atoms with Crippen LogP contribution in [-0.2, 0) is 9.84 Å². The van der Waals surface area contributed by atoms with Crippen LogP contribution >= 0.6 is 0 Å². The van der Waals surface area contributed by atoms with E-state index in [1.165, 1.54) is 0 Å². The van der Waals surface area contributed by atoms with Crippen molar-refractivity contribution in [2.24, 2.45) is 0 Å². The summed E-state index contributed by atoms with van der Waals surface area (Å²) in [6.07, 6.45) is 3.18. The fraction of sp³-hybridized carbons (Fsp3) is 0.417. The van der Waals surface area contributed by atoms with Gasteiger partial charge in [-0.1, -0.05) is 6.07 Å². The molecule has 3 heterocycles.